The van der Waals surface area contributed by atoms with Gasteiger partial charge in [0.15, 0.2) is 5.82 Å². The molecule has 1 atom stereocenters. The minimum Gasteiger partial charge on any atom is -0.467 e. The van der Waals surface area contributed by atoms with E-state index in [1.807, 2.05) is 47.2 Å². The second-order valence-corrected chi connectivity index (χ2v) is 9.07. The maximum atomic E-state index is 13.0. The van der Waals surface area contributed by atoms with Gasteiger partial charge in [-0.2, -0.15) is 5.10 Å². The van der Waals surface area contributed by atoms with E-state index >= 15 is 0 Å². The number of amides is 1. The number of thiophene rings is 2. The van der Waals surface area contributed by atoms with Gasteiger partial charge in [0.25, 0.3) is 5.91 Å². The van der Waals surface area contributed by atoms with E-state index in [1.165, 1.54) is 16.8 Å². The first-order valence-electron chi connectivity index (χ1n) is 8.84. The Labute approximate surface area is 178 Å². The number of carbonyl (C=O) groups excluding carboxylic acids is 1. The summed E-state index contributed by atoms with van der Waals surface area (Å²) in [5.41, 5.74) is 0.901. The van der Waals surface area contributed by atoms with Crippen molar-refractivity contribution in [1.82, 2.24) is 20.2 Å². The monoisotopic (exact) mass is 441 g/mol. The highest BCUT2D eigenvalue weighted by Crippen LogP contribution is 2.34. The molecule has 1 amide bonds. The number of nitrogens with zero attached hydrogens (tertiary/aromatic N) is 4. The van der Waals surface area contributed by atoms with Crippen LogP contribution in [0.5, 0.6) is 0 Å². The number of hydrazone groups is 1. The molecule has 0 saturated carbocycles. The average Bonchev–Trinajstić information content (AvgIpc) is 3.56. The van der Waals surface area contributed by atoms with Gasteiger partial charge in [-0.3, -0.25) is 9.89 Å². The summed E-state index contributed by atoms with van der Waals surface area (Å²) in [6.07, 6.45) is 2.25. The molecular formula is C19H15N5O2S3. The second kappa shape index (κ2) is 7.97. The Morgan fingerprint density at radius 3 is 2.76 bits per heavy atom. The molecule has 1 aliphatic rings. The SMILES string of the molecule is O=C(CSc1n[nH]c(-c2cccs2)n1)N1N=C(c2cccs2)C[C@H]1c1ccco1. The minimum absolute atomic E-state index is 0.106. The third kappa shape index (κ3) is 3.78. The van der Waals surface area contributed by atoms with Gasteiger partial charge in [0.1, 0.15) is 11.8 Å². The fourth-order valence-electron chi connectivity index (χ4n) is 3.06. The number of hydrogen-bond acceptors (Lipinski definition) is 8. The van der Waals surface area contributed by atoms with Gasteiger partial charge in [-0.15, -0.1) is 27.8 Å². The fraction of sp³-hybridized carbons (Fsp3) is 0.158. The van der Waals surface area contributed by atoms with Crippen LogP contribution in [0.3, 0.4) is 0 Å². The average molecular weight is 442 g/mol. The van der Waals surface area contributed by atoms with Crippen molar-refractivity contribution in [2.24, 2.45) is 5.10 Å². The maximum Gasteiger partial charge on any atom is 0.253 e. The van der Waals surface area contributed by atoms with E-state index in [9.17, 15) is 4.79 Å². The lowest BCUT2D eigenvalue weighted by atomic mass is 10.1. The number of rotatable bonds is 6. The number of aromatic amines is 1. The third-order valence-corrected chi connectivity index (χ3v) is 7.01. The first-order chi connectivity index (χ1) is 14.3. The molecule has 10 heteroatoms. The van der Waals surface area contributed by atoms with Crippen LogP contribution in [0.2, 0.25) is 0 Å². The van der Waals surface area contributed by atoms with Crippen molar-refractivity contribution in [2.45, 2.75) is 17.6 Å². The van der Waals surface area contributed by atoms with E-state index in [1.54, 1.807) is 28.9 Å². The molecule has 0 radical (unpaired) electrons. The fourth-order valence-corrected chi connectivity index (χ4v) is 5.10. The van der Waals surface area contributed by atoms with Crippen LogP contribution in [0, 0.1) is 0 Å². The summed E-state index contributed by atoms with van der Waals surface area (Å²) in [6, 6.07) is 11.4. The largest absolute Gasteiger partial charge is 0.467 e. The molecule has 0 fully saturated rings. The Morgan fingerprint density at radius 1 is 1.21 bits per heavy atom. The summed E-state index contributed by atoms with van der Waals surface area (Å²) in [5.74, 6) is 1.53. The van der Waals surface area contributed by atoms with E-state index in [2.05, 4.69) is 20.3 Å². The van der Waals surface area contributed by atoms with Gasteiger partial charge in [0.2, 0.25) is 5.16 Å². The number of carbonyl (C=O) groups is 1. The highest BCUT2D eigenvalue weighted by Gasteiger charge is 2.35. The quantitative estimate of drug-likeness (QED) is 0.440. The predicted octanol–water partition coefficient (Wildman–Crippen LogP) is 4.66. The van der Waals surface area contributed by atoms with Gasteiger partial charge < -0.3 is 4.42 Å². The molecular weight excluding hydrogens is 426 g/mol. The van der Waals surface area contributed by atoms with Crippen molar-refractivity contribution in [3.63, 3.8) is 0 Å². The predicted molar refractivity (Wildman–Crippen MR) is 114 cm³/mol. The van der Waals surface area contributed by atoms with Gasteiger partial charge in [0.05, 0.1) is 27.5 Å². The Hall–Kier alpha value is -2.69. The molecule has 7 nitrogen and oxygen atoms in total. The minimum atomic E-state index is -0.232. The molecule has 5 rings (SSSR count). The van der Waals surface area contributed by atoms with Crippen LogP contribution in [-0.4, -0.2) is 37.6 Å². The third-order valence-electron chi connectivity index (χ3n) is 4.39. The van der Waals surface area contributed by atoms with E-state index in [-0.39, 0.29) is 17.7 Å². The zero-order chi connectivity index (χ0) is 19.6. The molecule has 0 aromatic carbocycles. The zero-order valence-electron chi connectivity index (χ0n) is 15.0. The molecule has 29 heavy (non-hydrogen) atoms. The van der Waals surface area contributed by atoms with Crippen LogP contribution in [0.25, 0.3) is 10.7 Å². The Balaban J connectivity index is 1.31. The van der Waals surface area contributed by atoms with E-state index in [0.717, 1.165) is 21.2 Å². The van der Waals surface area contributed by atoms with Crippen molar-refractivity contribution in [3.8, 4) is 10.7 Å². The van der Waals surface area contributed by atoms with Crippen molar-refractivity contribution < 1.29 is 9.21 Å². The van der Waals surface area contributed by atoms with E-state index in [0.29, 0.717) is 17.4 Å². The van der Waals surface area contributed by atoms with E-state index < -0.39 is 0 Å². The first kappa shape index (κ1) is 18.3. The lowest BCUT2D eigenvalue weighted by Crippen LogP contribution is -2.28. The maximum absolute atomic E-state index is 13.0. The highest BCUT2D eigenvalue weighted by atomic mass is 32.2. The van der Waals surface area contributed by atoms with Crippen LogP contribution in [0.15, 0.2) is 68.1 Å². The zero-order valence-corrected chi connectivity index (χ0v) is 17.5. The van der Waals surface area contributed by atoms with Gasteiger partial charge in [-0.25, -0.2) is 9.99 Å². The molecule has 5 heterocycles. The molecule has 0 aliphatic carbocycles. The number of hydrogen-bond donors (Lipinski definition) is 1. The van der Waals surface area contributed by atoms with Crippen molar-refractivity contribution in [1.29, 1.82) is 0 Å². The van der Waals surface area contributed by atoms with Crippen LogP contribution >= 0.6 is 34.4 Å². The van der Waals surface area contributed by atoms with Gasteiger partial charge >= 0.3 is 0 Å². The Bertz CT molecular complexity index is 1120. The summed E-state index contributed by atoms with van der Waals surface area (Å²) in [5, 5.41) is 17.8. The summed E-state index contributed by atoms with van der Waals surface area (Å²) >= 11 is 4.50. The lowest BCUT2D eigenvalue weighted by molar-refractivity contribution is -0.130. The van der Waals surface area contributed by atoms with Gasteiger partial charge in [-0.1, -0.05) is 23.9 Å². The normalized spacial score (nSPS) is 16.3. The number of nitrogens with one attached hydrogen (secondary N) is 1. The smallest absolute Gasteiger partial charge is 0.253 e. The Morgan fingerprint density at radius 2 is 2.03 bits per heavy atom. The standard InChI is InChI=1S/C19H15N5O2S3/c25-17(11-29-19-20-18(21-22-19)16-6-3-9-28-16)24-13(14-4-1-7-26-14)10-12(23-24)15-5-2-8-27-15/h1-9,13H,10-11H2,(H,20,21,22)/t13-/m0/s1. The summed E-state index contributed by atoms with van der Waals surface area (Å²) in [4.78, 5) is 19.5. The molecule has 0 bridgehead atoms. The van der Waals surface area contributed by atoms with Crippen molar-refractivity contribution in [3.05, 3.63) is 64.1 Å². The number of H-pyrrole nitrogens is 1. The molecule has 0 saturated heterocycles. The molecule has 1 N–H and O–H groups in total. The molecule has 146 valence electrons. The van der Waals surface area contributed by atoms with Crippen LogP contribution in [0.1, 0.15) is 23.1 Å². The van der Waals surface area contributed by atoms with Gasteiger partial charge in [-0.05, 0) is 35.0 Å². The summed E-state index contributed by atoms with van der Waals surface area (Å²) in [7, 11) is 0. The summed E-state index contributed by atoms with van der Waals surface area (Å²) in [6.45, 7) is 0. The van der Waals surface area contributed by atoms with Gasteiger partial charge in [0, 0.05) is 6.42 Å². The van der Waals surface area contributed by atoms with Crippen LogP contribution in [0.4, 0.5) is 0 Å². The molecule has 0 unspecified atom stereocenters. The number of thioether (sulfide) groups is 1. The topological polar surface area (TPSA) is 87.4 Å². The number of aromatic nitrogens is 3. The van der Waals surface area contributed by atoms with Crippen LogP contribution in [-0.2, 0) is 4.79 Å². The molecule has 0 spiro atoms. The Kier molecular flexibility index (Phi) is 5.04. The molecule has 4 aromatic rings. The lowest BCUT2D eigenvalue weighted by Gasteiger charge is -2.19. The first-order valence-corrected chi connectivity index (χ1v) is 11.6. The molecule has 1 aliphatic heterocycles. The highest BCUT2D eigenvalue weighted by molar-refractivity contribution is 7.99. The van der Waals surface area contributed by atoms with Crippen LogP contribution < -0.4 is 0 Å². The van der Waals surface area contributed by atoms with Crippen molar-refractivity contribution >= 4 is 46.1 Å². The number of furan rings is 1. The summed E-state index contributed by atoms with van der Waals surface area (Å²) < 4.78 is 5.57. The second-order valence-electron chi connectivity index (χ2n) is 6.23. The van der Waals surface area contributed by atoms with Crippen molar-refractivity contribution in [2.75, 3.05) is 5.75 Å². The van der Waals surface area contributed by atoms with E-state index in [4.69, 9.17) is 4.42 Å². The molecule has 4 aromatic heterocycles.